The molecule has 0 spiro atoms. The van der Waals surface area contributed by atoms with E-state index >= 15 is 0 Å². The first-order valence-electron chi connectivity index (χ1n) is 12.4. The summed E-state index contributed by atoms with van der Waals surface area (Å²) in [6, 6.07) is 19.0. The van der Waals surface area contributed by atoms with Gasteiger partial charge in [-0.05, 0) is 52.1 Å². The molecule has 1 atom stereocenters. The van der Waals surface area contributed by atoms with Crippen molar-refractivity contribution >= 4 is 38.1 Å². The molecule has 2 aliphatic heterocycles. The fourth-order valence-electron chi connectivity index (χ4n) is 5.22. The second-order valence-electron chi connectivity index (χ2n) is 9.85. The molecule has 0 N–H and O–H groups in total. The number of hydrogen-bond acceptors (Lipinski definition) is 5. The minimum absolute atomic E-state index is 0.00273. The van der Waals surface area contributed by atoms with E-state index in [2.05, 4.69) is 34.1 Å². The highest BCUT2D eigenvalue weighted by Gasteiger charge is 2.35. The van der Waals surface area contributed by atoms with Crippen LogP contribution in [-0.2, 0) is 16.4 Å². The number of halogens is 3. The number of thioether (sulfide) groups is 1. The highest BCUT2D eigenvalue weighted by Crippen LogP contribution is 2.39. The Balaban J connectivity index is 1.44. The minimum atomic E-state index is -3.72. The molecule has 4 nitrogen and oxygen atoms in total. The molecule has 2 heterocycles. The predicted octanol–water partition coefficient (Wildman–Crippen LogP) is 6.03. The zero-order valence-electron chi connectivity index (χ0n) is 21.0. The van der Waals surface area contributed by atoms with Gasteiger partial charge in [-0.2, -0.15) is 11.8 Å². The van der Waals surface area contributed by atoms with Gasteiger partial charge in [0.05, 0.1) is 10.9 Å². The van der Waals surface area contributed by atoms with E-state index in [-0.39, 0.29) is 16.5 Å². The van der Waals surface area contributed by atoms with Crippen LogP contribution in [0.15, 0.2) is 72.3 Å². The van der Waals surface area contributed by atoms with Crippen LogP contribution in [-0.4, -0.2) is 62.2 Å². The van der Waals surface area contributed by atoms with Gasteiger partial charge in [-0.1, -0.05) is 48.0 Å². The molecule has 3 aromatic carbocycles. The molecule has 3 aromatic rings. The maximum atomic E-state index is 13.9. The van der Waals surface area contributed by atoms with Gasteiger partial charge >= 0.3 is 0 Å². The van der Waals surface area contributed by atoms with Crippen LogP contribution in [0.5, 0.6) is 0 Å². The Kier molecular flexibility index (Phi) is 8.26. The fraction of sp³-hybridized carbons (Fsp3) is 0.310. The van der Waals surface area contributed by atoms with E-state index < -0.39 is 21.5 Å². The van der Waals surface area contributed by atoms with Crippen LogP contribution in [0.3, 0.4) is 0 Å². The lowest BCUT2D eigenvalue weighted by atomic mass is 9.91. The summed E-state index contributed by atoms with van der Waals surface area (Å²) < 4.78 is 53.3. The van der Waals surface area contributed by atoms with Crippen molar-refractivity contribution in [3.05, 3.63) is 111 Å². The van der Waals surface area contributed by atoms with Gasteiger partial charge in [-0.3, -0.25) is 9.80 Å². The van der Waals surface area contributed by atoms with Crippen molar-refractivity contribution in [3.8, 4) is 0 Å². The molecule has 0 saturated carbocycles. The molecule has 0 aliphatic carbocycles. The van der Waals surface area contributed by atoms with Gasteiger partial charge in [-0.15, -0.1) is 0 Å². The number of benzene rings is 3. The Morgan fingerprint density at radius 2 is 1.47 bits per heavy atom. The van der Waals surface area contributed by atoms with E-state index in [1.807, 2.05) is 36.0 Å². The summed E-state index contributed by atoms with van der Waals surface area (Å²) >= 11 is 8.15. The standard InChI is InChI=1S/C29H29ClF2N2O2S2/c1-38(35,36)29(23-14-26(31)16-27(32)15-23)24-18-34(19-24)28(22-6-8-25(30)9-7-22)21-4-2-20(3-5-21)17-33-10-12-37-13-11-33/h2-9,14-16,28H,10-13,17-19H2,1H3/t28-/m0/s1. The normalized spacial score (nSPS) is 17.7. The van der Waals surface area contributed by atoms with Crippen LogP contribution in [0, 0.1) is 11.6 Å². The molecule has 2 fully saturated rings. The number of likely N-dealkylation sites (tertiary alicyclic amines) is 1. The third-order valence-electron chi connectivity index (χ3n) is 6.96. The van der Waals surface area contributed by atoms with E-state index in [0.717, 1.165) is 55.2 Å². The molecule has 2 saturated heterocycles. The van der Waals surface area contributed by atoms with Gasteiger partial charge in [0.15, 0.2) is 9.84 Å². The molecule has 0 bridgehead atoms. The van der Waals surface area contributed by atoms with Gasteiger partial charge in [-0.25, -0.2) is 17.2 Å². The molecular formula is C29H29ClF2N2O2S2. The second kappa shape index (κ2) is 11.5. The van der Waals surface area contributed by atoms with E-state index in [9.17, 15) is 17.2 Å². The molecule has 38 heavy (non-hydrogen) atoms. The quantitative estimate of drug-likeness (QED) is 0.345. The third-order valence-corrected chi connectivity index (χ3v) is 9.42. The predicted molar refractivity (Wildman–Crippen MR) is 152 cm³/mol. The number of rotatable bonds is 7. The highest BCUT2D eigenvalue weighted by atomic mass is 35.5. The molecule has 200 valence electrons. The Morgan fingerprint density at radius 3 is 2.03 bits per heavy atom. The summed E-state index contributed by atoms with van der Waals surface area (Å²) in [5, 5.41) is 0.638. The summed E-state index contributed by atoms with van der Waals surface area (Å²) in [6.45, 7) is 3.84. The van der Waals surface area contributed by atoms with Crippen molar-refractivity contribution in [3.63, 3.8) is 0 Å². The van der Waals surface area contributed by atoms with Crippen molar-refractivity contribution in [2.75, 3.05) is 43.9 Å². The first-order chi connectivity index (χ1) is 18.2. The number of hydrogen-bond donors (Lipinski definition) is 0. The van der Waals surface area contributed by atoms with Gasteiger partial charge in [0.25, 0.3) is 0 Å². The van der Waals surface area contributed by atoms with Crippen molar-refractivity contribution in [1.29, 1.82) is 0 Å². The molecule has 0 unspecified atom stereocenters. The third kappa shape index (κ3) is 6.32. The largest absolute Gasteiger partial charge is 0.297 e. The maximum Gasteiger partial charge on any atom is 0.176 e. The van der Waals surface area contributed by atoms with Crippen LogP contribution in [0.25, 0.3) is 4.91 Å². The van der Waals surface area contributed by atoms with Crippen molar-refractivity contribution in [1.82, 2.24) is 9.80 Å². The van der Waals surface area contributed by atoms with E-state index in [1.165, 1.54) is 17.1 Å². The first-order valence-corrected chi connectivity index (χ1v) is 15.9. The Hall–Kier alpha value is -2.23. The monoisotopic (exact) mass is 574 g/mol. The summed E-state index contributed by atoms with van der Waals surface area (Å²) in [7, 11) is -3.72. The molecule has 0 amide bonds. The van der Waals surface area contributed by atoms with Crippen LogP contribution in [0.4, 0.5) is 8.78 Å². The van der Waals surface area contributed by atoms with Crippen LogP contribution in [0.2, 0.25) is 5.02 Å². The SMILES string of the molecule is CS(=O)(=O)C(=C1CN([C@H](c2ccc(Cl)cc2)c2ccc(CN3CCSCC3)cc2)C1)c1cc(F)cc(F)c1. The lowest BCUT2D eigenvalue weighted by Gasteiger charge is -2.42. The molecule has 9 heteroatoms. The zero-order chi connectivity index (χ0) is 26.9. The number of nitrogens with zero attached hydrogens (tertiary/aromatic N) is 2. The summed E-state index contributed by atoms with van der Waals surface area (Å²) in [5.41, 5.74) is 4.06. The van der Waals surface area contributed by atoms with Crippen LogP contribution in [0.1, 0.15) is 28.3 Å². The topological polar surface area (TPSA) is 40.6 Å². The van der Waals surface area contributed by atoms with Gasteiger partial charge in [0.1, 0.15) is 11.6 Å². The Morgan fingerprint density at radius 1 is 0.921 bits per heavy atom. The van der Waals surface area contributed by atoms with E-state index in [0.29, 0.717) is 23.7 Å². The lowest BCUT2D eigenvalue weighted by Crippen LogP contribution is -2.44. The Bertz CT molecular complexity index is 1410. The minimum Gasteiger partial charge on any atom is -0.297 e. The highest BCUT2D eigenvalue weighted by molar-refractivity contribution is 8.00. The van der Waals surface area contributed by atoms with E-state index in [1.54, 1.807) is 0 Å². The summed E-state index contributed by atoms with van der Waals surface area (Å²) in [6.07, 6.45) is 1.08. The van der Waals surface area contributed by atoms with E-state index in [4.69, 9.17) is 11.6 Å². The van der Waals surface area contributed by atoms with Gasteiger partial charge in [0, 0.05) is 61.6 Å². The first kappa shape index (κ1) is 27.3. The lowest BCUT2D eigenvalue weighted by molar-refractivity contribution is 0.203. The Labute approximate surface area is 232 Å². The summed E-state index contributed by atoms with van der Waals surface area (Å²) in [4.78, 5) is 4.63. The number of sulfone groups is 1. The molecular weight excluding hydrogens is 546 g/mol. The molecule has 0 aromatic heterocycles. The average molecular weight is 575 g/mol. The van der Waals surface area contributed by atoms with Crippen LogP contribution < -0.4 is 0 Å². The molecule has 5 rings (SSSR count). The van der Waals surface area contributed by atoms with Gasteiger partial charge in [0.2, 0.25) is 0 Å². The second-order valence-corrected chi connectivity index (χ2v) is 13.5. The maximum absolute atomic E-state index is 13.9. The molecule has 2 aliphatic rings. The van der Waals surface area contributed by atoms with Crippen LogP contribution >= 0.6 is 23.4 Å². The van der Waals surface area contributed by atoms with Crippen molar-refractivity contribution in [2.45, 2.75) is 12.6 Å². The zero-order valence-corrected chi connectivity index (χ0v) is 23.4. The summed E-state index contributed by atoms with van der Waals surface area (Å²) in [5.74, 6) is 0.721. The average Bonchev–Trinajstić information content (AvgIpc) is 2.84. The molecule has 0 radical (unpaired) electrons. The smallest absolute Gasteiger partial charge is 0.176 e. The van der Waals surface area contributed by atoms with Crippen molar-refractivity contribution in [2.24, 2.45) is 0 Å². The van der Waals surface area contributed by atoms with Gasteiger partial charge < -0.3 is 0 Å². The fourth-order valence-corrected chi connectivity index (χ4v) is 7.52. The van der Waals surface area contributed by atoms with Crippen molar-refractivity contribution < 1.29 is 17.2 Å².